The number of nitrogens with zero attached hydrogens (tertiary/aromatic N) is 2. The highest BCUT2D eigenvalue weighted by Gasteiger charge is 2.18. The zero-order chi connectivity index (χ0) is 18.0. The molecular weight excluding hydrogens is 324 g/mol. The molecule has 2 rings (SSSR count). The average molecular weight is 348 g/mol. The summed E-state index contributed by atoms with van der Waals surface area (Å²) >= 11 is 0. The summed E-state index contributed by atoms with van der Waals surface area (Å²) in [5.74, 6) is 0.652. The summed E-state index contributed by atoms with van der Waals surface area (Å²) in [6.07, 6.45) is 1.49. The minimum absolute atomic E-state index is 0.00484. The number of benzene rings is 1. The number of pyridine rings is 1. The minimum Gasteiger partial charge on any atom is -0.340 e. The van der Waals surface area contributed by atoms with Crippen molar-refractivity contribution >= 4 is 27.4 Å². The fraction of sp³-hybridized carbons (Fsp3) is 0.353. The van der Waals surface area contributed by atoms with Gasteiger partial charge in [0, 0.05) is 19.8 Å². The van der Waals surface area contributed by atoms with Crippen molar-refractivity contribution in [1.82, 2.24) is 9.29 Å². The van der Waals surface area contributed by atoms with E-state index in [-0.39, 0.29) is 5.41 Å². The van der Waals surface area contributed by atoms with Crippen LogP contribution >= 0.6 is 0 Å². The van der Waals surface area contributed by atoms with Crippen molar-refractivity contribution in [2.75, 3.05) is 24.1 Å². The number of hydrogen-bond donors (Lipinski definition) is 2. The summed E-state index contributed by atoms with van der Waals surface area (Å²) in [4.78, 5) is 4.28. The predicted molar refractivity (Wildman–Crippen MR) is 98.9 cm³/mol. The van der Waals surface area contributed by atoms with Crippen LogP contribution in [-0.4, -0.2) is 31.8 Å². The quantitative estimate of drug-likeness (QED) is 0.869. The second-order valence-corrected chi connectivity index (χ2v) is 8.63. The van der Waals surface area contributed by atoms with Crippen LogP contribution in [0.5, 0.6) is 0 Å². The lowest BCUT2D eigenvalue weighted by atomic mass is 9.86. The van der Waals surface area contributed by atoms with Crippen LogP contribution in [0.4, 0.5) is 17.2 Å². The number of aromatic nitrogens is 1. The number of hydrogen-bond acceptors (Lipinski definition) is 4. The summed E-state index contributed by atoms with van der Waals surface area (Å²) in [6.45, 7) is 6.46. The first-order valence-electron chi connectivity index (χ1n) is 7.62. The fourth-order valence-corrected chi connectivity index (χ4v) is 2.75. The molecule has 0 aliphatic carbocycles. The van der Waals surface area contributed by atoms with Crippen molar-refractivity contribution in [2.45, 2.75) is 26.2 Å². The van der Waals surface area contributed by atoms with Gasteiger partial charge in [0.05, 0.1) is 11.9 Å². The Kier molecular flexibility index (Phi) is 5.15. The largest absolute Gasteiger partial charge is 0.340 e. The smallest absolute Gasteiger partial charge is 0.301 e. The molecule has 2 aromatic rings. The Morgan fingerprint density at radius 2 is 1.71 bits per heavy atom. The predicted octanol–water partition coefficient (Wildman–Crippen LogP) is 3.34. The first-order chi connectivity index (χ1) is 11.1. The SMILES string of the molecule is CN(C)S(=O)(=O)Nc1ccc(Nc2ccccc2C(C)(C)C)nc1. The van der Waals surface area contributed by atoms with Gasteiger partial charge in [-0.15, -0.1) is 0 Å². The van der Waals surface area contributed by atoms with Crippen LogP contribution in [0.15, 0.2) is 42.6 Å². The number of para-hydroxylation sites is 1. The van der Waals surface area contributed by atoms with Gasteiger partial charge in [0.25, 0.3) is 0 Å². The normalized spacial score (nSPS) is 12.2. The Labute approximate surface area is 144 Å². The average Bonchev–Trinajstić information content (AvgIpc) is 2.48. The number of rotatable bonds is 5. The van der Waals surface area contributed by atoms with Gasteiger partial charge >= 0.3 is 10.2 Å². The van der Waals surface area contributed by atoms with E-state index in [2.05, 4.69) is 41.9 Å². The molecule has 0 fully saturated rings. The maximum Gasteiger partial charge on any atom is 0.301 e. The van der Waals surface area contributed by atoms with E-state index in [4.69, 9.17) is 0 Å². The summed E-state index contributed by atoms with van der Waals surface area (Å²) < 4.78 is 27.2. The van der Waals surface area contributed by atoms with Gasteiger partial charge in [-0.2, -0.15) is 12.7 Å². The van der Waals surface area contributed by atoms with Crippen molar-refractivity contribution in [1.29, 1.82) is 0 Å². The second-order valence-electron chi connectivity index (χ2n) is 6.74. The third-order valence-corrected chi connectivity index (χ3v) is 4.94. The van der Waals surface area contributed by atoms with Gasteiger partial charge < -0.3 is 5.32 Å². The molecule has 2 N–H and O–H groups in total. The summed E-state index contributed by atoms with van der Waals surface area (Å²) in [5.41, 5.74) is 2.59. The molecule has 0 saturated heterocycles. The Hall–Kier alpha value is -2.12. The number of anilines is 3. The molecule has 1 aromatic carbocycles. The molecule has 1 aromatic heterocycles. The lowest BCUT2D eigenvalue weighted by Crippen LogP contribution is -2.28. The lowest BCUT2D eigenvalue weighted by molar-refractivity contribution is 0.527. The lowest BCUT2D eigenvalue weighted by Gasteiger charge is -2.23. The first kappa shape index (κ1) is 18.2. The van der Waals surface area contributed by atoms with Crippen LogP contribution in [0.3, 0.4) is 0 Å². The molecule has 0 bridgehead atoms. The maximum absolute atomic E-state index is 11.8. The van der Waals surface area contributed by atoms with Crippen molar-refractivity contribution in [3.05, 3.63) is 48.2 Å². The highest BCUT2D eigenvalue weighted by Crippen LogP contribution is 2.30. The fourth-order valence-electron chi connectivity index (χ4n) is 2.15. The van der Waals surface area contributed by atoms with E-state index in [9.17, 15) is 8.42 Å². The molecule has 0 aliphatic rings. The molecule has 24 heavy (non-hydrogen) atoms. The molecule has 0 atom stereocenters. The molecule has 0 amide bonds. The third kappa shape index (κ3) is 4.46. The molecule has 0 radical (unpaired) electrons. The molecule has 0 spiro atoms. The molecule has 130 valence electrons. The Balaban J connectivity index is 2.19. The van der Waals surface area contributed by atoms with E-state index in [1.54, 1.807) is 12.1 Å². The van der Waals surface area contributed by atoms with Crippen molar-refractivity contribution in [2.24, 2.45) is 0 Å². The summed E-state index contributed by atoms with van der Waals surface area (Å²) in [5, 5.41) is 3.29. The van der Waals surface area contributed by atoms with E-state index in [1.165, 1.54) is 25.9 Å². The van der Waals surface area contributed by atoms with Crippen LogP contribution in [0.25, 0.3) is 0 Å². The maximum atomic E-state index is 11.8. The Bertz CT molecular complexity index is 794. The van der Waals surface area contributed by atoms with E-state index < -0.39 is 10.2 Å². The highest BCUT2D eigenvalue weighted by atomic mass is 32.2. The zero-order valence-corrected chi connectivity index (χ0v) is 15.5. The van der Waals surface area contributed by atoms with E-state index in [0.29, 0.717) is 11.5 Å². The van der Waals surface area contributed by atoms with Crippen molar-refractivity contribution < 1.29 is 8.42 Å². The molecule has 0 unspecified atom stereocenters. The van der Waals surface area contributed by atoms with Gasteiger partial charge in [-0.1, -0.05) is 39.0 Å². The molecule has 1 heterocycles. The third-order valence-electron chi connectivity index (χ3n) is 3.49. The van der Waals surface area contributed by atoms with Crippen molar-refractivity contribution in [3.8, 4) is 0 Å². The molecule has 6 nitrogen and oxygen atoms in total. The summed E-state index contributed by atoms with van der Waals surface area (Å²) in [6, 6.07) is 11.5. The molecular formula is C17H24N4O2S. The van der Waals surface area contributed by atoms with Crippen LogP contribution in [0.2, 0.25) is 0 Å². The summed E-state index contributed by atoms with van der Waals surface area (Å²) in [7, 11) is -0.591. The monoisotopic (exact) mass is 348 g/mol. The van der Waals surface area contributed by atoms with Crippen LogP contribution in [-0.2, 0) is 15.6 Å². The van der Waals surface area contributed by atoms with E-state index >= 15 is 0 Å². The first-order valence-corrected chi connectivity index (χ1v) is 9.06. The molecule has 7 heteroatoms. The molecule has 0 aliphatic heterocycles. The van der Waals surface area contributed by atoms with Crippen molar-refractivity contribution in [3.63, 3.8) is 0 Å². The van der Waals surface area contributed by atoms with Crippen LogP contribution in [0.1, 0.15) is 26.3 Å². The zero-order valence-electron chi connectivity index (χ0n) is 14.7. The van der Waals surface area contributed by atoms with Gasteiger partial charge in [0.1, 0.15) is 5.82 Å². The Morgan fingerprint density at radius 3 is 2.25 bits per heavy atom. The second kappa shape index (κ2) is 6.78. The van der Waals surface area contributed by atoms with Crippen LogP contribution in [0, 0.1) is 0 Å². The molecule has 0 saturated carbocycles. The number of nitrogens with one attached hydrogen (secondary N) is 2. The van der Waals surface area contributed by atoms with Gasteiger partial charge in [-0.25, -0.2) is 4.98 Å². The standard InChI is InChI=1S/C17H24N4O2S/c1-17(2,3)14-8-6-7-9-15(14)19-16-11-10-13(12-18-16)20-24(22,23)21(4)5/h6-12,20H,1-5H3,(H,18,19). The van der Waals surface area contributed by atoms with Crippen LogP contribution < -0.4 is 10.0 Å². The van der Waals surface area contributed by atoms with Gasteiger partial charge in [-0.3, -0.25) is 4.72 Å². The Morgan fingerprint density at radius 1 is 1.04 bits per heavy atom. The van der Waals surface area contributed by atoms with E-state index in [1.807, 2.05) is 18.2 Å². The van der Waals surface area contributed by atoms with Gasteiger partial charge in [-0.05, 0) is 29.2 Å². The van der Waals surface area contributed by atoms with Gasteiger partial charge in [0.2, 0.25) is 0 Å². The highest BCUT2D eigenvalue weighted by molar-refractivity contribution is 7.90. The minimum atomic E-state index is -3.53. The topological polar surface area (TPSA) is 74.3 Å². The van der Waals surface area contributed by atoms with Gasteiger partial charge in [0.15, 0.2) is 0 Å². The van der Waals surface area contributed by atoms with E-state index in [0.717, 1.165) is 9.99 Å².